The van der Waals surface area contributed by atoms with Crippen LogP contribution in [0.1, 0.15) is 32.8 Å². The molecule has 1 N–H and O–H groups in total. The molecule has 5 heteroatoms. The van der Waals surface area contributed by atoms with Crippen molar-refractivity contribution >= 4 is 6.09 Å². The van der Waals surface area contributed by atoms with Gasteiger partial charge in [-0.2, -0.15) is 0 Å². The number of ether oxygens (including phenoxy) is 2. The molecule has 1 unspecified atom stereocenters. The summed E-state index contributed by atoms with van der Waals surface area (Å²) in [6.07, 6.45) is -0.479. The molecular weight excluding hydrogens is 282 g/mol. The quantitative estimate of drug-likeness (QED) is 0.869. The van der Waals surface area contributed by atoms with Gasteiger partial charge in [-0.3, -0.25) is 0 Å². The van der Waals surface area contributed by atoms with Crippen molar-refractivity contribution < 1.29 is 19.4 Å². The molecule has 2 rings (SSSR count). The number of amides is 1. The van der Waals surface area contributed by atoms with Crippen molar-refractivity contribution in [3.63, 3.8) is 0 Å². The van der Waals surface area contributed by atoms with Gasteiger partial charge in [0, 0.05) is 19.0 Å². The Morgan fingerprint density at radius 3 is 2.68 bits per heavy atom. The van der Waals surface area contributed by atoms with Crippen LogP contribution in [0.5, 0.6) is 0 Å². The van der Waals surface area contributed by atoms with Crippen LogP contribution in [-0.4, -0.2) is 41.1 Å². The van der Waals surface area contributed by atoms with Gasteiger partial charge in [-0.15, -0.1) is 0 Å². The van der Waals surface area contributed by atoms with E-state index >= 15 is 0 Å². The van der Waals surface area contributed by atoms with Gasteiger partial charge in [0.2, 0.25) is 0 Å². The van der Waals surface area contributed by atoms with Crippen LogP contribution in [0, 0.1) is 5.92 Å². The van der Waals surface area contributed by atoms with Gasteiger partial charge in [-0.25, -0.2) is 4.79 Å². The maximum atomic E-state index is 12.0. The second-order valence-corrected chi connectivity index (χ2v) is 6.66. The molecule has 2 atom stereocenters. The predicted octanol–water partition coefficient (Wildman–Crippen LogP) is 2.78. The smallest absolute Gasteiger partial charge is 0.410 e. The summed E-state index contributed by atoms with van der Waals surface area (Å²) in [5.41, 5.74) is 0.515. The molecule has 1 amide bonds. The van der Waals surface area contributed by atoms with E-state index in [9.17, 15) is 9.90 Å². The molecule has 0 spiro atoms. The minimum absolute atomic E-state index is 0.0729. The lowest BCUT2D eigenvalue weighted by Crippen LogP contribution is -2.36. The van der Waals surface area contributed by atoms with E-state index in [2.05, 4.69) is 0 Å². The molecule has 1 fully saturated rings. The minimum atomic E-state index is -0.868. The van der Waals surface area contributed by atoms with Crippen LogP contribution in [0.25, 0.3) is 0 Å². The molecule has 22 heavy (non-hydrogen) atoms. The fraction of sp³-hybridized carbons (Fsp3) is 0.588. The number of hydrogen-bond donors (Lipinski definition) is 1. The van der Waals surface area contributed by atoms with E-state index in [-0.39, 0.29) is 12.0 Å². The summed E-state index contributed by atoms with van der Waals surface area (Å²) >= 11 is 0. The summed E-state index contributed by atoms with van der Waals surface area (Å²) < 4.78 is 10.9. The zero-order chi connectivity index (χ0) is 16.2. The van der Waals surface area contributed by atoms with Crippen LogP contribution in [0.2, 0.25) is 0 Å². The van der Waals surface area contributed by atoms with Gasteiger partial charge >= 0.3 is 6.09 Å². The molecule has 1 heterocycles. The zero-order valence-corrected chi connectivity index (χ0v) is 13.5. The summed E-state index contributed by atoms with van der Waals surface area (Å²) in [7, 11) is 0. The molecule has 122 valence electrons. The van der Waals surface area contributed by atoms with Crippen molar-refractivity contribution in [2.75, 3.05) is 13.1 Å². The number of carbonyl (C=O) groups is 1. The molecule has 1 aliphatic heterocycles. The van der Waals surface area contributed by atoms with Gasteiger partial charge in [0.1, 0.15) is 5.60 Å². The predicted molar refractivity (Wildman–Crippen MR) is 83.2 cm³/mol. The summed E-state index contributed by atoms with van der Waals surface area (Å²) in [6, 6.07) is 9.72. The molecule has 1 aliphatic rings. The van der Waals surface area contributed by atoms with Crippen LogP contribution < -0.4 is 0 Å². The molecule has 0 bridgehead atoms. The topological polar surface area (TPSA) is 59.0 Å². The Balaban J connectivity index is 1.78. The van der Waals surface area contributed by atoms with E-state index in [1.54, 1.807) is 4.90 Å². The van der Waals surface area contributed by atoms with Crippen LogP contribution in [0.3, 0.4) is 0 Å². The van der Waals surface area contributed by atoms with E-state index in [0.717, 1.165) is 12.0 Å². The first kappa shape index (κ1) is 16.8. The first-order chi connectivity index (χ1) is 10.3. The number of rotatable bonds is 4. The van der Waals surface area contributed by atoms with E-state index in [1.807, 2.05) is 51.1 Å². The molecule has 1 aromatic rings. The maximum Gasteiger partial charge on any atom is 0.410 e. The molecule has 0 radical (unpaired) electrons. The van der Waals surface area contributed by atoms with Crippen LogP contribution in [-0.2, 0) is 16.1 Å². The highest BCUT2D eigenvalue weighted by atomic mass is 16.6. The van der Waals surface area contributed by atoms with E-state index < -0.39 is 11.9 Å². The lowest BCUT2D eigenvalue weighted by Gasteiger charge is -2.25. The summed E-state index contributed by atoms with van der Waals surface area (Å²) in [5, 5.41) is 10.1. The van der Waals surface area contributed by atoms with Crippen molar-refractivity contribution in [1.82, 2.24) is 4.90 Å². The fourth-order valence-electron chi connectivity index (χ4n) is 2.40. The number of benzene rings is 1. The van der Waals surface area contributed by atoms with Crippen molar-refractivity contribution in [3.05, 3.63) is 35.9 Å². The van der Waals surface area contributed by atoms with E-state index in [1.165, 1.54) is 0 Å². The van der Waals surface area contributed by atoms with Crippen LogP contribution in [0.15, 0.2) is 30.3 Å². The highest BCUT2D eigenvalue weighted by molar-refractivity contribution is 5.68. The second kappa shape index (κ2) is 7.11. The average Bonchev–Trinajstić information content (AvgIpc) is 2.94. The van der Waals surface area contributed by atoms with E-state index in [4.69, 9.17) is 9.47 Å². The zero-order valence-electron chi connectivity index (χ0n) is 13.5. The molecule has 0 saturated carbocycles. The number of likely N-dealkylation sites (tertiary alicyclic amines) is 1. The van der Waals surface area contributed by atoms with E-state index in [0.29, 0.717) is 19.7 Å². The Hall–Kier alpha value is -1.59. The Morgan fingerprint density at radius 1 is 1.36 bits per heavy atom. The van der Waals surface area contributed by atoms with Crippen LogP contribution >= 0.6 is 0 Å². The van der Waals surface area contributed by atoms with Gasteiger partial charge < -0.3 is 19.5 Å². The largest absolute Gasteiger partial charge is 0.444 e. The number of nitrogens with zero attached hydrogens (tertiary/aromatic N) is 1. The summed E-state index contributed by atoms with van der Waals surface area (Å²) in [5.74, 6) is -0.0729. The van der Waals surface area contributed by atoms with Gasteiger partial charge in [0.25, 0.3) is 0 Å². The summed E-state index contributed by atoms with van der Waals surface area (Å²) in [6.45, 7) is 6.95. The molecule has 5 nitrogen and oxygen atoms in total. The van der Waals surface area contributed by atoms with Gasteiger partial charge in [0.05, 0.1) is 6.61 Å². The molecule has 1 aromatic carbocycles. The normalized spacial score (nSPS) is 20.0. The number of hydrogen-bond acceptors (Lipinski definition) is 4. The molecule has 0 aliphatic carbocycles. The molecule has 0 aromatic heterocycles. The Labute approximate surface area is 131 Å². The van der Waals surface area contributed by atoms with Crippen molar-refractivity contribution in [2.45, 2.75) is 45.7 Å². The standard InChI is InChI=1S/C17H25NO4/c1-17(2,3)22-16(20)18-10-9-14(11-18)15(19)21-12-13-7-5-4-6-8-13/h4-8,14-15,19H,9-12H2,1-3H3/t14-,15?/m1/s1. The number of aliphatic hydroxyl groups is 1. The first-order valence-corrected chi connectivity index (χ1v) is 7.67. The first-order valence-electron chi connectivity index (χ1n) is 7.67. The van der Waals surface area contributed by atoms with Crippen LogP contribution in [0.4, 0.5) is 4.79 Å². The molecule has 1 saturated heterocycles. The highest BCUT2D eigenvalue weighted by Crippen LogP contribution is 2.23. The maximum absolute atomic E-state index is 12.0. The Bertz CT molecular complexity index is 483. The Kier molecular flexibility index (Phi) is 5.42. The monoisotopic (exact) mass is 307 g/mol. The van der Waals surface area contributed by atoms with Crippen molar-refractivity contribution in [2.24, 2.45) is 5.92 Å². The lowest BCUT2D eigenvalue weighted by molar-refractivity contribution is -0.139. The van der Waals surface area contributed by atoms with Gasteiger partial charge in [-0.1, -0.05) is 30.3 Å². The third-order valence-corrected chi connectivity index (χ3v) is 3.54. The average molecular weight is 307 g/mol. The van der Waals surface area contributed by atoms with Crippen molar-refractivity contribution in [3.8, 4) is 0 Å². The third-order valence-electron chi connectivity index (χ3n) is 3.54. The molecular formula is C17H25NO4. The highest BCUT2D eigenvalue weighted by Gasteiger charge is 2.33. The third kappa shape index (κ3) is 5.00. The fourth-order valence-corrected chi connectivity index (χ4v) is 2.40. The Morgan fingerprint density at radius 2 is 2.05 bits per heavy atom. The van der Waals surface area contributed by atoms with Gasteiger partial charge in [-0.05, 0) is 32.8 Å². The van der Waals surface area contributed by atoms with Crippen molar-refractivity contribution in [1.29, 1.82) is 0 Å². The minimum Gasteiger partial charge on any atom is -0.444 e. The lowest BCUT2D eigenvalue weighted by atomic mass is 10.1. The SMILES string of the molecule is CC(C)(C)OC(=O)N1CC[C@@H](C(O)OCc2ccccc2)C1. The van der Waals surface area contributed by atoms with Gasteiger partial charge in [0.15, 0.2) is 6.29 Å². The second-order valence-electron chi connectivity index (χ2n) is 6.66. The number of carbonyl (C=O) groups excluding carboxylic acids is 1. The number of aliphatic hydroxyl groups excluding tert-OH is 1. The summed E-state index contributed by atoms with van der Waals surface area (Å²) in [4.78, 5) is 13.6.